The van der Waals surface area contributed by atoms with E-state index in [1.54, 1.807) is 0 Å². The van der Waals surface area contributed by atoms with E-state index < -0.39 is 20.8 Å². The number of fused-ring (bicyclic) bond motifs is 2. The predicted molar refractivity (Wildman–Crippen MR) is 229 cm³/mol. The summed E-state index contributed by atoms with van der Waals surface area (Å²) in [6.45, 7) is 29.1. The van der Waals surface area contributed by atoms with Crippen molar-refractivity contribution >= 4 is 48.1 Å². The Morgan fingerprint density at radius 3 is 1.67 bits per heavy atom. The molecule has 0 fully saturated rings. The minimum absolute atomic E-state index is 0.199. The average Bonchev–Trinajstić information content (AvgIpc) is 3.68. The molecule has 0 aliphatic rings. The van der Waals surface area contributed by atoms with Gasteiger partial charge in [-0.3, -0.25) is 0 Å². The molecule has 0 unspecified atom stereocenters. The van der Waals surface area contributed by atoms with E-state index in [2.05, 4.69) is 186 Å². The Labute approximate surface area is 331 Å². The third kappa shape index (κ3) is 11.4. The van der Waals surface area contributed by atoms with E-state index in [0.29, 0.717) is 5.92 Å². The first-order valence-electron chi connectivity index (χ1n) is 18.2. The van der Waals surface area contributed by atoms with E-state index in [4.69, 9.17) is 17.0 Å². The van der Waals surface area contributed by atoms with Crippen LogP contribution in [0.3, 0.4) is 0 Å². The van der Waals surface area contributed by atoms with E-state index >= 15 is 0 Å². The van der Waals surface area contributed by atoms with E-state index in [-0.39, 0.29) is 10.8 Å². The molecule has 0 bridgehead atoms. The second-order valence-electron chi connectivity index (χ2n) is 15.9. The molecule has 0 aliphatic heterocycles. The van der Waals surface area contributed by atoms with Crippen molar-refractivity contribution in [3.05, 3.63) is 130 Å². The summed E-state index contributed by atoms with van der Waals surface area (Å²) >= 11 is -0.826. The van der Waals surface area contributed by atoms with Gasteiger partial charge in [0.15, 0.2) is 0 Å². The molecule has 4 heteroatoms. The molecule has 0 heterocycles. The summed E-state index contributed by atoms with van der Waals surface area (Å²) in [6.07, 6.45) is 1.08. The third-order valence-corrected chi connectivity index (χ3v) is 9.44. The summed E-state index contributed by atoms with van der Waals surface area (Å²) in [7, 11) is 11.0. The Morgan fingerprint density at radius 2 is 1.20 bits per heavy atom. The van der Waals surface area contributed by atoms with Crippen LogP contribution < -0.4 is 0 Å². The molecule has 0 N–H and O–H groups in total. The van der Waals surface area contributed by atoms with Crippen molar-refractivity contribution in [1.82, 2.24) is 0 Å². The van der Waals surface area contributed by atoms with Crippen LogP contribution in [0.4, 0.5) is 0 Å². The monoisotopic (exact) mass is 810 g/mol. The van der Waals surface area contributed by atoms with Crippen LogP contribution in [0.15, 0.2) is 97.1 Å². The quantitative estimate of drug-likeness (QED) is 0.123. The van der Waals surface area contributed by atoms with Gasteiger partial charge in [-0.2, -0.15) is 12.1 Å². The standard InChI is InChI=1S/C23H27.C22H25.C2H6Si.2ClH.Zr/c1-7-17-14-19-12-15(2)13-21(19)22(16(17)3)18-8-10-20(11-9-18)23(4,5)6;1-15(2)18-13-17-7-6-8-20(21(17)14-18)16-9-11-19(12-10-16)22(3,4)5;1-3-2;;;/h8-14H,7H2,1-6H3;6-15H,1-5H3;1-2H3;2*1H;/q2*-1;;;;+4/p-2. The zero-order chi connectivity index (χ0) is 38.1. The summed E-state index contributed by atoms with van der Waals surface area (Å²) in [4.78, 5) is 0. The zero-order valence-corrected chi connectivity index (χ0v) is 38.2. The molecular formula is C47H58Cl2SiZr. The molecule has 51 heavy (non-hydrogen) atoms. The Kier molecular flexibility index (Phi) is 16.3. The van der Waals surface area contributed by atoms with Crippen molar-refractivity contribution in [2.75, 3.05) is 0 Å². The molecule has 0 saturated carbocycles. The average molecular weight is 813 g/mol. The number of hydrogen-bond acceptors (Lipinski definition) is 0. The van der Waals surface area contributed by atoms with Crippen LogP contribution in [0.5, 0.6) is 0 Å². The van der Waals surface area contributed by atoms with Crippen molar-refractivity contribution in [2.24, 2.45) is 0 Å². The van der Waals surface area contributed by atoms with E-state index in [1.165, 1.54) is 77.2 Å². The van der Waals surface area contributed by atoms with Crippen molar-refractivity contribution in [2.45, 2.75) is 112 Å². The van der Waals surface area contributed by atoms with E-state index in [1.807, 2.05) is 0 Å². The van der Waals surface area contributed by atoms with Crippen LogP contribution >= 0.6 is 17.0 Å². The van der Waals surface area contributed by atoms with Crippen molar-refractivity contribution < 1.29 is 20.8 Å². The van der Waals surface area contributed by atoms with Crippen LogP contribution in [0, 0.1) is 13.8 Å². The van der Waals surface area contributed by atoms with Gasteiger partial charge in [-0.05, 0) is 52.3 Å². The molecule has 6 aromatic carbocycles. The number of rotatable bonds is 4. The molecule has 0 aliphatic carbocycles. The summed E-state index contributed by atoms with van der Waals surface area (Å²) < 4.78 is 0. The van der Waals surface area contributed by atoms with Gasteiger partial charge in [0.05, 0.1) is 0 Å². The summed E-state index contributed by atoms with van der Waals surface area (Å²) in [5, 5.41) is 5.48. The zero-order valence-electron chi connectivity index (χ0n) is 33.3. The Morgan fingerprint density at radius 1 is 0.686 bits per heavy atom. The second kappa shape index (κ2) is 19.2. The fraction of sp³-hybridized carbons (Fsp3) is 0.362. The molecule has 0 aromatic heterocycles. The van der Waals surface area contributed by atoms with Gasteiger partial charge in [0, 0.05) is 9.52 Å². The van der Waals surface area contributed by atoms with Gasteiger partial charge in [0.2, 0.25) is 0 Å². The number of aryl methyl sites for hydroxylation is 2. The molecule has 0 amide bonds. The fourth-order valence-electron chi connectivity index (χ4n) is 6.54. The Hall–Kier alpha value is -2.22. The third-order valence-electron chi connectivity index (χ3n) is 9.44. The molecule has 0 atom stereocenters. The van der Waals surface area contributed by atoms with Crippen molar-refractivity contribution in [1.29, 1.82) is 0 Å². The molecule has 0 spiro atoms. The molecule has 0 saturated heterocycles. The van der Waals surface area contributed by atoms with Crippen molar-refractivity contribution in [3.8, 4) is 22.3 Å². The molecular weight excluding hydrogens is 755 g/mol. The van der Waals surface area contributed by atoms with Gasteiger partial charge in [0.1, 0.15) is 0 Å². The van der Waals surface area contributed by atoms with Crippen LogP contribution in [-0.2, 0) is 38.1 Å². The first-order valence-corrected chi connectivity index (χ1v) is 26.5. The molecule has 6 rings (SSSR count). The molecule has 2 radical (unpaired) electrons. The molecule has 268 valence electrons. The number of hydrogen-bond donors (Lipinski definition) is 0. The first-order chi connectivity index (χ1) is 24.0. The topological polar surface area (TPSA) is 0 Å². The summed E-state index contributed by atoms with van der Waals surface area (Å²) in [5.74, 6) is 0.573. The van der Waals surface area contributed by atoms with Gasteiger partial charge >= 0.3 is 37.9 Å². The number of benzene rings is 4. The Balaban J connectivity index is 0.000000239. The van der Waals surface area contributed by atoms with E-state index in [0.717, 1.165) is 15.9 Å². The molecule has 6 aromatic rings. The maximum absolute atomic E-state index is 4.93. The summed E-state index contributed by atoms with van der Waals surface area (Å²) in [5.41, 5.74) is 14.2. The van der Waals surface area contributed by atoms with Gasteiger partial charge < -0.3 is 0 Å². The maximum atomic E-state index is 4.93. The van der Waals surface area contributed by atoms with E-state index in [9.17, 15) is 0 Å². The predicted octanol–water partition coefficient (Wildman–Crippen LogP) is 15.5. The van der Waals surface area contributed by atoms with Crippen molar-refractivity contribution in [3.63, 3.8) is 0 Å². The molecule has 0 nitrogen and oxygen atoms in total. The fourth-order valence-corrected chi connectivity index (χ4v) is 6.54. The van der Waals surface area contributed by atoms with Crippen LogP contribution in [0.25, 0.3) is 43.8 Å². The van der Waals surface area contributed by atoms with Gasteiger partial charge in [-0.25, -0.2) is 0 Å². The van der Waals surface area contributed by atoms with Gasteiger partial charge in [0.25, 0.3) is 0 Å². The van der Waals surface area contributed by atoms with Gasteiger partial charge in [-0.15, -0.1) is 63.0 Å². The van der Waals surface area contributed by atoms with Crippen LogP contribution in [-0.4, -0.2) is 9.52 Å². The SMILES string of the molecule is CC(C)c1cc2c(-c3ccc(C(C)(C)C)cc3)cccc2[cH-]1.CCc1cc2[cH-]c(C)cc2c(-c2ccc(C(C)(C)C)cc2)c1C.C[Si]C.[Cl][Zr+2][Cl]. The van der Waals surface area contributed by atoms with Crippen LogP contribution in [0.2, 0.25) is 13.1 Å². The number of halogens is 2. The summed E-state index contributed by atoms with van der Waals surface area (Å²) in [6, 6.07) is 36.5. The Bertz CT molecular complexity index is 1960. The normalized spacial score (nSPS) is 11.3. The van der Waals surface area contributed by atoms with Crippen LogP contribution in [0.1, 0.15) is 102 Å². The first kappa shape index (κ1) is 43.2. The second-order valence-corrected chi connectivity index (χ2v) is 20.6. The van der Waals surface area contributed by atoms with Gasteiger partial charge in [-0.1, -0.05) is 159 Å². The minimum atomic E-state index is -0.826.